The van der Waals surface area contributed by atoms with Crippen LogP contribution in [-0.2, 0) is 6.54 Å². The fourth-order valence-corrected chi connectivity index (χ4v) is 2.61. The highest BCUT2D eigenvalue weighted by molar-refractivity contribution is 5.60. The number of methoxy groups -OCH3 is 1. The lowest BCUT2D eigenvalue weighted by atomic mass is 10.2. The molecule has 134 valence electrons. The van der Waals surface area contributed by atoms with E-state index < -0.39 is 0 Å². The quantitative estimate of drug-likeness (QED) is 0.550. The van der Waals surface area contributed by atoms with Gasteiger partial charge in [-0.25, -0.2) is 4.98 Å². The van der Waals surface area contributed by atoms with Crippen molar-refractivity contribution in [1.29, 1.82) is 0 Å². The molecule has 4 aromatic rings. The van der Waals surface area contributed by atoms with Crippen molar-refractivity contribution in [2.75, 3.05) is 12.4 Å². The van der Waals surface area contributed by atoms with E-state index in [0.29, 0.717) is 11.7 Å². The van der Waals surface area contributed by atoms with Gasteiger partial charge in [-0.2, -0.15) is 4.98 Å². The number of hydrogen-bond donors (Lipinski definition) is 1. The fourth-order valence-electron chi connectivity index (χ4n) is 2.61. The van der Waals surface area contributed by atoms with Gasteiger partial charge in [-0.15, -0.1) is 0 Å². The third-order valence-corrected chi connectivity index (χ3v) is 4.10. The molecule has 0 saturated heterocycles. The lowest BCUT2D eigenvalue weighted by Gasteiger charge is -2.05. The van der Waals surface area contributed by atoms with Gasteiger partial charge in [0.1, 0.15) is 11.6 Å². The maximum atomic E-state index is 5.38. The first kappa shape index (κ1) is 16.8. The van der Waals surface area contributed by atoms with Crippen molar-refractivity contribution >= 4 is 5.82 Å². The number of anilines is 1. The summed E-state index contributed by atoms with van der Waals surface area (Å²) in [7, 11) is 1.63. The molecule has 6 nitrogen and oxygen atoms in total. The normalized spacial score (nSPS) is 10.6. The molecule has 2 aromatic heterocycles. The molecule has 0 aliphatic heterocycles. The number of nitrogens with one attached hydrogen (secondary N) is 1. The van der Waals surface area contributed by atoms with Crippen LogP contribution >= 0.6 is 0 Å². The Balaban J connectivity index is 1.45. The van der Waals surface area contributed by atoms with Crippen LogP contribution in [-0.4, -0.2) is 22.2 Å². The van der Waals surface area contributed by atoms with E-state index in [1.54, 1.807) is 13.3 Å². The largest absolute Gasteiger partial charge is 0.497 e. The number of pyridine rings is 1. The zero-order chi connectivity index (χ0) is 18.5. The lowest BCUT2D eigenvalue weighted by Crippen LogP contribution is -2.00. The van der Waals surface area contributed by atoms with Gasteiger partial charge < -0.3 is 14.6 Å². The first-order chi connectivity index (χ1) is 13.3. The zero-order valence-corrected chi connectivity index (χ0v) is 14.8. The van der Waals surface area contributed by atoms with Crippen molar-refractivity contribution < 1.29 is 9.26 Å². The SMILES string of the molecule is COc1ccc(-c2noc(-c3ccc(NCc4ccccc4)nc3)n2)cc1. The second kappa shape index (κ2) is 7.70. The van der Waals surface area contributed by atoms with Crippen LogP contribution in [0.3, 0.4) is 0 Å². The maximum Gasteiger partial charge on any atom is 0.259 e. The van der Waals surface area contributed by atoms with E-state index in [-0.39, 0.29) is 0 Å². The van der Waals surface area contributed by atoms with E-state index >= 15 is 0 Å². The maximum absolute atomic E-state index is 5.38. The van der Waals surface area contributed by atoms with Crippen molar-refractivity contribution in [3.8, 4) is 28.6 Å². The van der Waals surface area contributed by atoms with Crippen LogP contribution in [0.15, 0.2) is 77.4 Å². The smallest absolute Gasteiger partial charge is 0.259 e. The summed E-state index contributed by atoms with van der Waals surface area (Å²) in [6.07, 6.45) is 1.72. The third-order valence-electron chi connectivity index (χ3n) is 4.10. The van der Waals surface area contributed by atoms with Crippen LogP contribution in [0.1, 0.15) is 5.56 Å². The molecule has 0 radical (unpaired) electrons. The molecule has 0 saturated carbocycles. The van der Waals surface area contributed by atoms with Gasteiger partial charge in [0.2, 0.25) is 5.82 Å². The highest BCUT2D eigenvalue weighted by Gasteiger charge is 2.11. The lowest BCUT2D eigenvalue weighted by molar-refractivity contribution is 0.415. The minimum absolute atomic E-state index is 0.433. The Morgan fingerprint density at radius 2 is 1.70 bits per heavy atom. The molecule has 2 heterocycles. The third kappa shape index (κ3) is 3.95. The van der Waals surface area contributed by atoms with E-state index in [2.05, 4.69) is 32.6 Å². The van der Waals surface area contributed by atoms with Gasteiger partial charge in [-0.3, -0.25) is 0 Å². The summed E-state index contributed by atoms with van der Waals surface area (Å²) in [6, 6.07) is 21.5. The summed E-state index contributed by atoms with van der Waals surface area (Å²) in [5.41, 5.74) is 2.83. The summed E-state index contributed by atoms with van der Waals surface area (Å²) < 4.78 is 10.5. The average molecular weight is 358 g/mol. The molecule has 0 amide bonds. The Hall–Kier alpha value is -3.67. The Labute approximate surface area is 156 Å². The molecular weight excluding hydrogens is 340 g/mol. The van der Waals surface area contributed by atoms with Gasteiger partial charge >= 0.3 is 0 Å². The summed E-state index contributed by atoms with van der Waals surface area (Å²) in [4.78, 5) is 8.87. The molecule has 4 rings (SSSR count). The molecular formula is C21H18N4O2. The molecule has 0 atom stereocenters. The van der Waals surface area contributed by atoms with Gasteiger partial charge in [-0.05, 0) is 42.0 Å². The number of nitrogens with zero attached hydrogens (tertiary/aromatic N) is 3. The van der Waals surface area contributed by atoms with E-state index in [1.165, 1.54) is 5.56 Å². The first-order valence-corrected chi connectivity index (χ1v) is 8.54. The minimum atomic E-state index is 0.433. The number of benzene rings is 2. The minimum Gasteiger partial charge on any atom is -0.497 e. The monoisotopic (exact) mass is 358 g/mol. The summed E-state index contributed by atoms with van der Waals surface area (Å²) >= 11 is 0. The van der Waals surface area contributed by atoms with Crippen LogP contribution in [0.25, 0.3) is 22.8 Å². The highest BCUT2D eigenvalue weighted by atomic mass is 16.5. The summed E-state index contributed by atoms with van der Waals surface area (Å²) in [5, 5.41) is 7.34. The topological polar surface area (TPSA) is 73.1 Å². The number of ether oxygens (including phenoxy) is 1. The van der Waals surface area contributed by atoms with E-state index in [1.807, 2.05) is 54.6 Å². The van der Waals surface area contributed by atoms with Gasteiger partial charge in [0, 0.05) is 18.3 Å². The molecule has 27 heavy (non-hydrogen) atoms. The molecule has 0 unspecified atom stereocenters. The Kier molecular flexibility index (Phi) is 4.78. The summed E-state index contributed by atoms with van der Waals surface area (Å²) in [5.74, 6) is 2.53. The standard InChI is InChI=1S/C21H18N4O2/c1-26-18-10-7-16(8-11-18)20-24-21(27-25-20)17-9-12-19(23-14-17)22-13-15-5-3-2-4-6-15/h2-12,14H,13H2,1H3,(H,22,23). The Morgan fingerprint density at radius 1 is 0.926 bits per heavy atom. The fraction of sp³-hybridized carbons (Fsp3) is 0.0952. The van der Waals surface area contributed by atoms with E-state index in [9.17, 15) is 0 Å². The Bertz CT molecular complexity index is 997. The van der Waals surface area contributed by atoms with E-state index in [4.69, 9.17) is 9.26 Å². The van der Waals surface area contributed by atoms with Gasteiger partial charge in [0.15, 0.2) is 0 Å². The van der Waals surface area contributed by atoms with Gasteiger partial charge in [0.25, 0.3) is 5.89 Å². The molecule has 0 aliphatic carbocycles. The van der Waals surface area contributed by atoms with Crippen molar-refractivity contribution in [2.24, 2.45) is 0 Å². The number of aromatic nitrogens is 3. The summed E-state index contributed by atoms with van der Waals surface area (Å²) in [6.45, 7) is 0.718. The van der Waals surface area contributed by atoms with Crippen LogP contribution < -0.4 is 10.1 Å². The number of rotatable bonds is 6. The first-order valence-electron chi connectivity index (χ1n) is 8.54. The number of hydrogen-bond acceptors (Lipinski definition) is 6. The Morgan fingerprint density at radius 3 is 2.41 bits per heavy atom. The van der Waals surface area contributed by atoms with Crippen LogP contribution in [0.2, 0.25) is 0 Å². The van der Waals surface area contributed by atoms with Crippen molar-refractivity contribution in [3.05, 3.63) is 78.5 Å². The van der Waals surface area contributed by atoms with Crippen molar-refractivity contribution in [1.82, 2.24) is 15.1 Å². The van der Waals surface area contributed by atoms with Crippen molar-refractivity contribution in [3.63, 3.8) is 0 Å². The molecule has 0 spiro atoms. The predicted octanol–water partition coefficient (Wildman–Crippen LogP) is 4.42. The van der Waals surface area contributed by atoms with Crippen LogP contribution in [0.5, 0.6) is 5.75 Å². The molecule has 1 N–H and O–H groups in total. The van der Waals surface area contributed by atoms with E-state index in [0.717, 1.165) is 29.2 Å². The molecule has 0 fully saturated rings. The van der Waals surface area contributed by atoms with Gasteiger partial charge in [0.05, 0.1) is 12.7 Å². The molecule has 2 aromatic carbocycles. The molecule has 0 aliphatic rings. The molecule has 6 heteroatoms. The average Bonchev–Trinajstić information content (AvgIpc) is 3.24. The van der Waals surface area contributed by atoms with Crippen LogP contribution in [0, 0.1) is 0 Å². The molecule has 0 bridgehead atoms. The van der Waals surface area contributed by atoms with Crippen molar-refractivity contribution in [2.45, 2.75) is 6.54 Å². The van der Waals surface area contributed by atoms with Gasteiger partial charge in [-0.1, -0.05) is 35.5 Å². The zero-order valence-electron chi connectivity index (χ0n) is 14.8. The second-order valence-corrected chi connectivity index (χ2v) is 5.92. The van der Waals surface area contributed by atoms with Crippen LogP contribution in [0.4, 0.5) is 5.82 Å². The highest BCUT2D eigenvalue weighted by Crippen LogP contribution is 2.24. The predicted molar refractivity (Wildman–Crippen MR) is 103 cm³/mol. The second-order valence-electron chi connectivity index (χ2n) is 5.92.